The number of rotatable bonds is 12. The van der Waals surface area contributed by atoms with Crippen LogP contribution in [0.25, 0.3) is 22.3 Å². The molecule has 0 unspecified atom stereocenters. The highest BCUT2D eigenvalue weighted by atomic mass is 16.5. The van der Waals surface area contributed by atoms with Crippen LogP contribution >= 0.6 is 0 Å². The average Bonchev–Trinajstić information content (AvgIpc) is 2.92. The summed E-state index contributed by atoms with van der Waals surface area (Å²) < 4.78 is 23.5. The van der Waals surface area contributed by atoms with Crippen LogP contribution in [0.2, 0.25) is 0 Å². The summed E-state index contributed by atoms with van der Waals surface area (Å²) in [4.78, 5) is 0. The molecule has 0 radical (unpaired) electrons. The Morgan fingerprint density at radius 2 is 1.08 bits per heavy atom. The maximum Gasteiger partial charge on any atom is 0.147 e. The summed E-state index contributed by atoms with van der Waals surface area (Å²) in [6, 6.07) is 19.6. The molecule has 6 nitrogen and oxygen atoms in total. The Bertz CT molecular complexity index is 1170. The summed E-state index contributed by atoms with van der Waals surface area (Å²) in [6.07, 6.45) is 3.49. The molecule has 0 heterocycles. The van der Waals surface area contributed by atoms with Gasteiger partial charge in [-0.1, -0.05) is 51.0 Å². The second-order valence-electron chi connectivity index (χ2n) is 8.25. The van der Waals surface area contributed by atoms with Crippen LogP contribution in [0.3, 0.4) is 0 Å². The Morgan fingerprint density at radius 1 is 0.667 bits per heavy atom. The lowest BCUT2D eigenvalue weighted by atomic mass is 9.87. The summed E-state index contributed by atoms with van der Waals surface area (Å²) in [7, 11) is 3.22. The first-order chi connectivity index (χ1) is 17.6. The number of unbranched alkanes of at least 4 members (excludes halogenated alkanes) is 2. The van der Waals surface area contributed by atoms with E-state index in [1.807, 2.05) is 48.5 Å². The maximum absolute atomic E-state index is 10.2. The molecule has 0 aliphatic rings. The Hall–Kier alpha value is -4.16. The van der Waals surface area contributed by atoms with Gasteiger partial charge in [0, 0.05) is 11.1 Å². The standard InChI is InChI=1S/C30H32N2O4/c1-5-7-15-35-29-25(19-31)26(20-32)30(36-16-8-6-2)28(22-12-10-14-24(18-22)34-4)27(29)21-11-9-13-23(17-21)33-3/h9-14,17-18H,5-8,15-16H2,1-4H3. The number of hydrogen-bond donors (Lipinski definition) is 0. The van der Waals surface area contributed by atoms with Crippen LogP contribution in [0.5, 0.6) is 23.0 Å². The molecule has 0 aliphatic carbocycles. The quantitative estimate of drug-likeness (QED) is 0.254. The zero-order valence-electron chi connectivity index (χ0n) is 21.4. The minimum atomic E-state index is 0.171. The minimum absolute atomic E-state index is 0.171. The highest BCUT2D eigenvalue weighted by Gasteiger charge is 2.29. The van der Waals surface area contributed by atoms with Gasteiger partial charge in [0.25, 0.3) is 0 Å². The molecule has 0 aromatic heterocycles. The van der Waals surface area contributed by atoms with Crippen LogP contribution in [0.15, 0.2) is 48.5 Å². The lowest BCUT2D eigenvalue weighted by Gasteiger charge is -2.23. The van der Waals surface area contributed by atoms with E-state index in [9.17, 15) is 10.5 Å². The molecule has 36 heavy (non-hydrogen) atoms. The summed E-state index contributed by atoms with van der Waals surface area (Å²) in [5.41, 5.74) is 3.29. The highest BCUT2D eigenvalue weighted by Crippen LogP contribution is 2.50. The van der Waals surface area contributed by atoms with Gasteiger partial charge in [0.2, 0.25) is 0 Å². The van der Waals surface area contributed by atoms with Gasteiger partial charge in [0.1, 0.15) is 46.3 Å². The molecule has 0 amide bonds. The SMILES string of the molecule is CCCCOc1c(C#N)c(C#N)c(OCCCC)c(-c2cccc(OC)c2)c1-c1cccc(OC)c1. The third-order valence-electron chi connectivity index (χ3n) is 5.84. The molecular weight excluding hydrogens is 452 g/mol. The van der Waals surface area contributed by atoms with Crippen LogP contribution in [-0.4, -0.2) is 27.4 Å². The van der Waals surface area contributed by atoms with E-state index in [0.29, 0.717) is 47.3 Å². The predicted molar refractivity (Wildman–Crippen MR) is 141 cm³/mol. The number of nitrogens with zero attached hydrogens (tertiary/aromatic N) is 2. The average molecular weight is 485 g/mol. The maximum atomic E-state index is 10.2. The Balaban J connectivity index is 2.49. The van der Waals surface area contributed by atoms with Crippen molar-refractivity contribution in [2.24, 2.45) is 0 Å². The zero-order chi connectivity index (χ0) is 25.9. The monoisotopic (exact) mass is 484 g/mol. The molecule has 186 valence electrons. The summed E-state index contributed by atoms with van der Waals surface area (Å²) in [6.45, 7) is 4.98. The zero-order valence-corrected chi connectivity index (χ0v) is 21.4. The molecule has 3 rings (SSSR count). The number of methoxy groups -OCH3 is 2. The van der Waals surface area contributed by atoms with E-state index in [0.717, 1.165) is 36.8 Å². The number of hydrogen-bond acceptors (Lipinski definition) is 6. The fourth-order valence-electron chi connectivity index (χ4n) is 3.95. The second-order valence-corrected chi connectivity index (χ2v) is 8.25. The van der Waals surface area contributed by atoms with Crippen LogP contribution in [0.4, 0.5) is 0 Å². The van der Waals surface area contributed by atoms with Gasteiger partial charge in [0.15, 0.2) is 0 Å². The molecule has 3 aromatic rings. The molecule has 0 fully saturated rings. The molecule has 3 aromatic carbocycles. The Morgan fingerprint density at radius 3 is 1.42 bits per heavy atom. The fourth-order valence-corrected chi connectivity index (χ4v) is 3.95. The van der Waals surface area contributed by atoms with E-state index < -0.39 is 0 Å². The fraction of sp³-hybridized carbons (Fsp3) is 0.333. The normalized spacial score (nSPS) is 10.3. The van der Waals surface area contributed by atoms with Gasteiger partial charge < -0.3 is 18.9 Å². The minimum Gasteiger partial charge on any atom is -0.497 e. The van der Waals surface area contributed by atoms with Crippen LogP contribution in [0, 0.1) is 22.7 Å². The van der Waals surface area contributed by atoms with Crippen LogP contribution in [0.1, 0.15) is 50.7 Å². The molecule has 0 atom stereocenters. The molecule has 0 bridgehead atoms. The molecule has 0 aliphatic heterocycles. The van der Waals surface area contributed by atoms with Crippen molar-refractivity contribution in [3.05, 3.63) is 59.7 Å². The molecule has 0 saturated heterocycles. The summed E-state index contributed by atoms with van der Waals surface area (Å²) >= 11 is 0. The first-order valence-corrected chi connectivity index (χ1v) is 12.2. The lowest BCUT2D eigenvalue weighted by molar-refractivity contribution is 0.301. The Labute approximate surface area is 213 Å². The van der Waals surface area contributed by atoms with E-state index in [-0.39, 0.29) is 11.1 Å². The molecule has 0 N–H and O–H groups in total. The molecule has 0 spiro atoms. The second kappa shape index (κ2) is 13.1. The van der Waals surface area contributed by atoms with E-state index >= 15 is 0 Å². The van der Waals surface area contributed by atoms with Crippen molar-refractivity contribution < 1.29 is 18.9 Å². The Kier molecular flexibility index (Phi) is 9.60. The first-order valence-electron chi connectivity index (χ1n) is 12.2. The van der Waals surface area contributed by atoms with Crippen molar-refractivity contribution in [1.29, 1.82) is 10.5 Å². The number of ether oxygens (including phenoxy) is 4. The van der Waals surface area contributed by atoms with Crippen molar-refractivity contribution in [3.8, 4) is 57.4 Å². The largest absolute Gasteiger partial charge is 0.497 e. The van der Waals surface area contributed by atoms with Gasteiger partial charge in [-0.15, -0.1) is 0 Å². The lowest BCUT2D eigenvalue weighted by Crippen LogP contribution is -2.08. The first kappa shape index (κ1) is 26.4. The summed E-state index contributed by atoms with van der Waals surface area (Å²) in [5, 5.41) is 20.4. The van der Waals surface area contributed by atoms with Gasteiger partial charge in [-0.05, 0) is 48.2 Å². The number of benzene rings is 3. The molecule has 0 saturated carbocycles. The third kappa shape index (κ3) is 5.73. The van der Waals surface area contributed by atoms with Gasteiger partial charge in [-0.25, -0.2) is 0 Å². The van der Waals surface area contributed by atoms with Crippen molar-refractivity contribution in [1.82, 2.24) is 0 Å². The van der Waals surface area contributed by atoms with E-state index in [4.69, 9.17) is 18.9 Å². The van der Waals surface area contributed by atoms with E-state index in [1.54, 1.807) is 14.2 Å². The van der Waals surface area contributed by atoms with Crippen LogP contribution < -0.4 is 18.9 Å². The molecular formula is C30H32N2O4. The van der Waals surface area contributed by atoms with Crippen LogP contribution in [-0.2, 0) is 0 Å². The molecule has 6 heteroatoms. The van der Waals surface area contributed by atoms with Gasteiger partial charge in [-0.2, -0.15) is 10.5 Å². The summed E-state index contributed by atoms with van der Waals surface area (Å²) in [5.74, 6) is 2.08. The van der Waals surface area contributed by atoms with Crippen molar-refractivity contribution >= 4 is 0 Å². The topological polar surface area (TPSA) is 84.5 Å². The van der Waals surface area contributed by atoms with Crippen molar-refractivity contribution in [2.75, 3.05) is 27.4 Å². The van der Waals surface area contributed by atoms with Gasteiger partial charge in [-0.3, -0.25) is 0 Å². The van der Waals surface area contributed by atoms with E-state index in [1.165, 1.54) is 0 Å². The van der Waals surface area contributed by atoms with Gasteiger partial charge in [0.05, 0.1) is 27.4 Å². The third-order valence-corrected chi connectivity index (χ3v) is 5.84. The number of nitriles is 2. The smallest absolute Gasteiger partial charge is 0.147 e. The predicted octanol–water partition coefficient (Wildman–Crippen LogP) is 7.14. The van der Waals surface area contributed by atoms with Crippen molar-refractivity contribution in [3.63, 3.8) is 0 Å². The van der Waals surface area contributed by atoms with E-state index in [2.05, 4.69) is 26.0 Å². The highest BCUT2D eigenvalue weighted by molar-refractivity contribution is 5.96. The van der Waals surface area contributed by atoms with Crippen molar-refractivity contribution in [2.45, 2.75) is 39.5 Å². The van der Waals surface area contributed by atoms with Gasteiger partial charge >= 0.3 is 0 Å².